The number of hydrogen-bond acceptors (Lipinski definition) is 2. The van der Waals surface area contributed by atoms with Gasteiger partial charge in [-0.25, -0.2) is 0 Å². The number of rotatable bonds is 4. The van der Waals surface area contributed by atoms with Crippen LogP contribution >= 0.6 is 0 Å². The van der Waals surface area contributed by atoms with Crippen LogP contribution in [0.2, 0.25) is 0 Å². The van der Waals surface area contributed by atoms with E-state index in [1.807, 2.05) is 23.0 Å². The van der Waals surface area contributed by atoms with Crippen LogP contribution < -0.4 is 5.73 Å². The molecule has 0 aliphatic heterocycles. The van der Waals surface area contributed by atoms with Crippen molar-refractivity contribution in [1.82, 2.24) is 4.57 Å². The lowest BCUT2D eigenvalue weighted by atomic mass is 10.2. The smallest absolute Gasteiger partial charge is 0.222 e. The lowest BCUT2D eigenvalue weighted by Crippen LogP contribution is -2.24. The fourth-order valence-electron chi connectivity index (χ4n) is 1.23. The third-order valence-electron chi connectivity index (χ3n) is 2.23. The van der Waals surface area contributed by atoms with Crippen molar-refractivity contribution in [3.05, 3.63) is 24.0 Å². The van der Waals surface area contributed by atoms with Gasteiger partial charge in [0, 0.05) is 18.9 Å². The van der Waals surface area contributed by atoms with E-state index in [1.54, 1.807) is 13.8 Å². The van der Waals surface area contributed by atoms with Crippen LogP contribution in [0.5, 0.6) is 0 Å². The summed E-state index contributed by atoms with van der Waals surface area (Å²) >= 11 is 0. The van der Waals surface area contributed by atoms with E-state index in [2.05, 4.69) is 0 Å². The Morgan fingerprint density at radius 1 is 1.64 bits per heavy atom. The highest BCUT2D eigenvalue weighted by Gasteiger charge is 2.10. The summed E-state index contributed by atoms with van der Waals surface area (Å²) in [5.74, 6) is -0.499. The summed E-state index contributed by atoms with van der Waals surface area (Å²) in [5, 5.41) is 9.28. The van der Waals surface area contributed by atoms with Gasteiger partial charge >= 0.3 is 0 Å². The molecule has 2 atom stereocenters. The number of carbonyl (C=O) groups is 1. The third-order valence-corrected chi connectivity index (χ3v) is 2.23. The lowest BCUT2D eigenvalue weighted by molar-refractivity contribution is -0.121. The van der Waals surface area contributed by atoms with Gasteiger partial charge < -0.3 is 15.4 Å². The van der Waals surface area contributed by atoms with E-state index in [9.17, 15) is 9.90 Å². The zero-order valence-electron chi connectivity index (χ0n) is 8.47. The Bertz CT molecular complexity index is 318. The fraction of sp³-hybridized carbons (Fsp3) is 0.500. The molecule has 4 heteroatoms. The molecule has 3 N–H and O–H groups in total. The van der Waals surface area contributed by atoms with Gasteiger partial charge in [0.05, 0.1) is 12.0 Å². The van der Waals surface area contributed by atoms with Gasteiger partial charge in [-0.3, -0.25) is 4.79 Å². The molecule has 0 spiro atoms. The van der Waals surface area contributed by atoms with Crippen molar-refractivity contribution in [3.8, 4) is 0 Å². The summed E-state index contributed by atoms with van der Waals surface area (Å²) in [6.45, 7) is 4.05. The van der Waals surface area contributed by atoms with Gasteiger partial charge in [-0.15, -0.1) is 0 Å². The second-order valence-electron chi connectivity index (χ2n) is 3.62. The molecule has 2 unspecified atom stereocenters. The van der Waals surface area contributed by atoms with Crippen LogP contribution in [0.25, 0.3) is 0 Å². The molecule has 0 saturated heterocycles. The van der Waals surface area contributed by atoms with Gasteiger partial charge in [0.25, 0.3) is 0 Å². The second-order valence-corrected chi connectivity index (χ2v) is 3.62. The van der Waals surface area contributed by atoms with E-state index in [0.29, 0.717) is 6.54 Å². The Kier molecular flexibility index (Phi) is 3.30. The summed E-state index contributed by atoms with van der Waals surface area (Å²) in [6.07, 6.45) is 3.19. The monoisotopic (exact) mass is 196 g/mol. The highest BCUT2D eigenvalue weighted by molar-refractivity contribution is 5.76. The highest BCUT2D eigenvalue weighted by Crippen LogP contribution is 2.12. The molecule has 0 fully saturated rings. The molecule has 1 aromatic heterocycles. The Morgan fingerprint density at radius 3 is 2.71 bits per heavy atom. The van der Waals surface area contributed by atoms with Crippen molar-refractivity contribution in [1.29, 1.82) is 0 Å². The predicted octanol–water partition coefficient (Wildman–Crippen LogP) is 0.663. The maximum Gasteiger partial charge on any atom is 0.222 e. The van der Waals surface area contributed by atoms with Crippen LogP contribution in [-0.2, 0) is 11.3 Å². The molecule has 0 aliphatic rings. The van der Waals surface area contributed by atoms with E-state index >= 15 is 0 Å². The molecule has 0 bridgehead atoms. The molecule has 0 aliphatic carbocycles. The van der Waals surface area contributed by atoms with E-state index in [4.69, 9.17) is 5.73 Å². The molecule has 1 amide bonds. The number of carbonyl (C=O) groups excluding carboxylic acids is 1. The van der Waals surface area contributed by atoms with Crippen molar-refractivity contribution in [2.45, 2.75) is 26.5 Å². The molecular formula is C10H16N2O2. The lowest BCUT2D eigenvalue weighted by Gasteiger charge is -2.08. The molecule has 1 heterocycles. The number of aromatic nitrogens is 1. The van der Waals surface area contributed by atoms with Crippen LogP contribution in [0, 0.1) is 5.92 Å². The van der Waals surface area contributed by atoms with Gasteiger partial charge in [0.2, 0.25) is 5.91 Å². The molecule has 1 aromatic rings. The average Bonchev–Trinajstić information content (AvgIpc) is 2.52. The van der Waals surface area contributed by atoms with Gasteiger partial charge in [-0.1, -0.05) is 6.92 Å². The molecule has 0 saturated carbocycles. The first-order chi connectivity index (χ1) is 6.50. The molecular weight excluding hydrogens is 180 g/mol. The summed E-state index contributed by atoms with van der Waals surface area (Å²) in [5.41, 5.74) is 6.00. The molecule has 0 radical (unpaired) electrons. The topological polar surface area (TPSA) is 68.2 Å². The number of aliphatic hydroxyl groups excluding tert-OH is 1. The number of hydrogen-bond donors (Lipinski definition) is 2. The Labute approximate surface area is 83.3 Å². The summed E-state index contributed by atoms with van der Waals surface area (Å²) in [4.78, 5) is 10.8. The molecule has 14 heavy (non-hydrogen) atoms. The Hall–Kier alpha value is -1.29. The summed E-state index contributed by atoms with van der Waals surface area (Å²) < 4.78 is 1.86. The third kappa shape index (κ3) is 2.60. The van der Waals surface area contributed by atoms with Crippen molar-refractivity contribution in [3.63, 3.8) is 0 Å². The molecule has 78 valence electrons. The number of nitrogens with two attached hydrogens (primary N) is 1. The maximum absolute atomic E-state index is 10.8. The first-order valence-electron chi connectivity index (χ1n) is 4.63. The predicted molar refractivity (Wildman–Crippen MR) is 53.4 cm³/mol. The van der Waals surface area contributed by atoms with Crippen LogP contribution in [-0.4, -0.2) is 15.6 Å². The second kappa shape index (κ2) is 4.28. The van der Waals surface area contributed by atoms with Gasteiger partial charge in [-0.2, -0.15) is 0 Å². The van der Waals surface area contributed by atoms with E-state index < -0.39 is 6.10 Å². The first kappa shape index (κ1) is 10.8. The standard InChI is InChI=1S/C10H16N2O2/c1-7(10(11)14)5-12-4-3-9(6-12)8(2)13/h3-4,6-8,13H,5H2,1-2H3,(H2,11,14). The maximum atomic E-state index is 10.8. The molecule has 0 aromatic carbocycles. The van der Waals surface area contributed by atoms with Crippen LogP contribution in [0.4, 0.5) is 0 Å². The van der Waals surface area contributed by atoms with Crippen molar-refractivity contribution in [2.75, 3.05) is 0 Å². The normalized spacial score (nSPS) is 15.1. The number of amides is 1. The van der Waals surface area contributed by atoms with E-state index in [1.165, 1.54) is 0 Å². The van der Waals surface area contributed by atoms with E-state index in [0.717, 1.165) is 5.56 Å². The van der Waals surface area contributed by atoms with Crippen LogP contribution in [0.1, 0.15) is 25.5 Å². The zero-order chi connectivity index (χ0) is 10.7. The largest absolute Gasteiger partial charge is 0.389 e. The minimum Gasteiger partial charge on any atom is -0.389 e. The number of nitrogens with zero attached hydrogens (tertiary/aromatic N) is 1. The molecule has 4 nitrogen and oxygen atoms in total. The van der Waals surface area contributed by atoms with Gasteiger partial charge in [0.15, 0.2) is 0 Å². The van der Waals surface area contributed by atoms with Crippen LogP contribution in [0.15, 0.2) is 18.5 Å². The fourth-order valence-corrected chi connectivity index (χ4v) is 1.23. The van der Waals surface area contributed by atoms with Gasteiger partial charge in [-0.05, 0) is 18.6 Å². The SMILES string of the molecule is CC(Cn1ccc(C(C)O)c1)C(N)=O. The van der Waals surface area contributed by atoms with Gasteiger partial charge in [0.1, 0.15) is 0 Å². The first-order valence-corrected chi connectivity index (χ1v) is 4.63. The average molecular weight is 196 g/mol. The molecule has 1 rings (SSSR count). The van der Waals surface area contributed by atoms with Crippen molar-refractivity contribution < 1.29 is 9.90 Å². The summed E-state index contributed by atoms with van der Waals surface area (Å²) in [6, 6.07) is 1.83. The Balaban J connectivity index is 2.64. The van der Waals surface area contributed by atoms with Crippen molar-refractivity contribution >= 4 is 5.91 Å². The minimum absolute atomic E-state index is 0.191. The van der Waals surface area contributed by atoms with E-state index in [-0.39, 0.29) is 11.8 Å². The number of primary amides is 1. The minimum atomic E-state index is -0.472. The van der Waals surface area contributed by atoms with Crippen molar-refractivity contribution in [2.24, 2.45) is 11.7 Å². The highest BCUT2D eigenvalue weighted by atomic mass is 16.3. The zero-order valence-corrected chi connectivity index (χ0v) is 8.47. The quantitative estimate of drug-likeness (QED) is 0.743. The summed E-state index contributed by atoms with van der Waals surface area (Å²) in [7, 11) is 0. The number of aliphatic hydroxyl groups is 1. The Morgan fingerprint density at radius 2 is 2.29 bits per heavy atom. The van der Waals surface area contributed by atoms with Crippen LogP contribution in [0.3, 0.4) is 0 Å².